The van der Waals surface area contributed by atoms with Crippen LogP contribution in [-0.2, 0) is 6.54 Å². The van der Waals surface area contributed by atoms with Crippen LogP contribution in [0.3, 0.4) is 0 Å². The lowest BCUT2D eigenvalue weighted by atomic mass is 10.2. The Hall–Kier alpha value is -1.76. The molecule has 0 saturated heterocycles. The molecule has 1 aromatic rings. The van der Waals surface area contributed by atoms with Crippen LogP contribution in [0.1, 0.15) is 26.7 Å². The van der Waals surface area contributed by atoms with Crippen LogP contribution < -0.4 is 10.9 Å². The Bertz CT molecular complexity index is 443. The maximum atomic E-state index is 12.0. The molecule has 4 nitrogen and oxygen atoms in total. The van der Waals surface area contributed by atoms with Crippen molar-refractivity contribution < 1.29 is 0 Å². The summed E-state index contributed by atoms with van der Waals surface area (Å²) in [5.74, 6) is 3.40. The van der Waals surface area contributed by atoms with Crippen LogP contribution in [0.25, 0.3) is 0 Å². The molecule has 0 aliphatic heterocycles. The summed E-state index contributed by atoms with van der Waals surface area (Å²) >= 11 is 0. The molecule has 0 aliphatic rings. The van der Waals surface area contributed by atoms with Crippen molar-refractivity contribution in [2.75, 3.05) is 11.9 Å². The molecule has 92 valence electrons. The first kappa shape index (κ1) is 13.3. The molecule has 0 aromatic carbocycles. The zero-order chi connectivity index (χ0) is 12.7. The van der Waals surface area contributed by atoms with Crippen molar-refractivity contribution in [3.8, 4) is 12.3 Å². The molecule has 1 rings (SSSR count). The number of anilines is 1. The molecule has 0 spiro atoms. The highest BCUT2D eigenvalue weighted by Crippen LogP contribution is 1.99. The van der Waals surface area contributed by atoms with E-state index in [0.717, 1.165) is 6.42 Å². The minimum absolute atomic E-state index is 0.0677. The standard InChI is InChI=1S/C13H19N3O/c1-4-5-6-7-14-12-13(17)16(9-8-15-12)10-11(2)3/h1,8-9,11H,5-7,10H2,2-3H3,(H,14,15). The largest absolute Gasteiger partial charge is 0.365 e. The van der Waals surface area contributed by atoms with Crippen LogP contribution >= 0.6 is 0 Å². The van der Waals surface area contributed by atoms with Crippen molar-refractivity contribution in [1.82, 2.24) is 9.55 Å². The van der Waals surface area contributed by atoms with Gasteiger partial charge in [0.05, 0.1) is 0 Å². The van der Waals surface area contributed by atoms with E-state index >= 15 is 0 Å². The van der Waals surface area contributed by atoms with Crippen molar-refractivity contribution in [1.29, 1.82) is 0 Å². The highest BCUT2D eigenvalue weighted by Gasteiger charge is 2.05. The summed E-state index contributed by atoms with van der Waals surface area (Å²) in [7, 11) is 0. The van der Waals surface area contributed by atoms with E-state index in [1.807, 2.05) is 0 Å². The lowest BCUT2D eigenvalue weighted by Gasteiger charge is -2.10. The smallest absolute Gasteiger partial charge is 0.293 e. The van der Waals surface area contributed by atoms with Crippen molar-refractivity contribution in [2.45, 2.75) is 33.2 Å². The third-order valence-corrected chi connectivity index (χ3v) is 2.27. The van der Waals surface area contributed by atoms with E-state index in [1.165, 1.54) is 0 Å². The highest BCUT2D eigenvalue weighted by atomic mass is 16.1. The van der Waals surface area contributed by atoms with Gasteiger partial charge in [0.1, 0.15) is 0 Å². The van der Waals surface area contributed by atoms with Gasteiger partial charge in [-0.3, -0.25) is 4.79 Å². The Labute approximate surface area is 102 Å². The quantitative estimate of drug-likeness (QED) is 0.601. The Morgan fingerprint density at radius 2 is 2.35 bits per heavy atom. The van der Waals surface area contributed by atoms with Crippen LogP contribution in [-0.4, -0.2) is 16.1 Å². The summed E-state index contributed by atoms with van der Waals surface area (Å²) in [4.78, 5) is 16.0. The topological polar surface area (TPSA) is 46.9 Å². The average Bonchev–Trinajstić information content (AvgIpc) is 2.28. The predicted octanol–water partition coefficient (Wildman–Crippen LogP) is 1.72. The molecule has 0 radical (unpaired) electrons. The predicted molar refractivity (Wildman–Crippen MR) is 69.9 cm³/mol. The molecule has 0 atom stereocenters. The maximum absolute atomic E-state index is 12.0. The lowest BCUT2D eigenvalue weighted by molar-refractivity contribution is 0.509. The van der Waals surface area contributed by atoms with Crippen LogP contribution in [0.4, 0.5) is 5.82 Å². The fourth-order valence-electron chi connectivity index (χ4n) is 1.50. The second-order valence-corrected chi connectivity index (χ2v) is 4.36. The number of hydrogen-bond acceptors (Lipinski definition) is 3. The SMILES string of the molecule is C#CCCCNc1nccn(CC(C)C)c1=O. The monoisotopic (exact) mass is 233 g/mol. The number of unbranched alkanes of at least 4 members (excludes halogenated alkanes) is 1. The first-order valence-corrected chi connectivity index (χ1v) is 5.88. The van der Waals surface area contributed by atoms with Crippen molar-refractivity contribution in [3.63, 3.8) is 0 Å². The van der Waals surface area contributed by atoms with E-state index < -0.39 is 0 Å². The molecule has 1 aromatic heterocycles. The van der Waals surface area contributed by atoms with E-state index in [-0.39, 0.29) is 5.56 Å². The van der Waals surface area contributed by atoms with Gasteiger partial charge in [-0.1, -0.05) is 13.8 Å². The summed E-state index contributed by atoms with van der Waals surface area (Å²) in [5.41, 5.74) is -0.0677. The fraction of sp³-hybridized carbons (Fsp3) is 0.538. The van der Waals surface area contributed by atoms with Gasteiger partial charge in [0.15, 0.2) is 5.82 Å². The number of hydrogen-bond donors (Lipinski definition) is 1. The summed E-state index contributed by atoms with van der Waals surface area (Å²) in [6, 6.07) is 0. The molecular formula is C13H19N3O. The van der Waals surface area contributed by atoms with Gasteiger partial charge in [0.25, 0.3) is 5.56 Å². The molecule has 0 saturated carbocycles. The van der Waals surface area contributed by atoms with Gasteiger partial charge < -0.3 is 9.88 Å². The summed E-state index contributed by atoms with van der Waals surface area (Å²) in [6.45, 7) is 5.54. The molecule has 0 aliphatic carbocycles. The normalized spacial score (nSPS) is 10.2. The van der Waals surface area contributed by atoms with Crippen LogP contribution in [0.2, 0.25) is 0 Å². The van der Waals surface area contributed by atoms with Crippen LogP contribution in [0.5, 0.6) is 0 Å². The number of terminal acetylenes is 1. The van der Waals surface area contributed by atoms with Gasteiger partial charge in [-0.05, 0) is 12.3 Å². The number of nitrogens with one attached hydrogen (secondary N) is 1. The summed E-state index contributed by atoms with van der Waals surface area (Å²) in [6.07, 6.45) is 10.1. The molecule has 4 heteroatoms. The van der Waals surface area contributed by atoms with E-state index in [2.05, 4.69) is 30.1 Å². The first-order chi connectivity index (χ1) is 8.15. The molecular weight excluding hydrogens is 214 g/mol. The molecule has 0 fully saturated rings. The Balaban J connectivity index is 2.67. The molecule has 1 heterocycles. The average molecular weight is 233 g/mol. The van der Waals surface area contributed by atoms with Crippen molar-refractivity contribution in [2.24, 2.45) is 5.92 Å². The zero-order valence-electron chi connectivity index (χ0n) is 10.4. The molecule has 0 bridgehead atoms. The third kappa shape index (κ3) is 4.31. The third-order valence-electron chi connectivity index (χ3n) is 2.27. The summed E-state index contributed by atoms with van der Waals surface area (Å²) < 4.78 is 1.68. The van der Waals surface area contributed by atoms with Crippen molar-refractivity contribution in [3.05, 3.63) is 22.7 Å². The van der Waals surface area contributed by atoms with Gasteiger partial charge in [-0.15, -0.1) is 12.3 Å². The minimum Gasteiger partial charge on any atom is -0.365 e. The number of aromatic nitrogens is 2. The first-order valence-electron chi connectivity index (χ1n) is 5.88. The Morgan fingerprint density at radius 1 is 1.59 bits per heavy atom. The molecule has 17 heavy (non-hydrogen) atoms. The molecule has 1 N–H and O–H groups in total. The molecule has 0 amide bonds. The highest BCUT2D eigenvalue weighted by molar-refractivity contribution is 5.30. The van der Waals surface area contributed by atoms with Gasteiger partial charge in [0.2, 0.25) is 0 Å². The van der Waals surface area contributed by atoms with E-state index in [4.69, 9.17) is 6.42 Å². The maximum Gasteiger partial charge on any atom is 0.293 e. The fourth-order valence-corrected chi connectivity index (χ4v) is 1.50. The zero-order valence-corrected chi connectivity index (χ0v) is 10.4. The molecule has 0 unspecified atom stereocenters. The van der Waals surface area contributed by atoms with Crippen molar-refractivity contribution >= 4 is 5.82 Å². The van der Waals surface area contributed by atoms with Gasteiger partial charge in [-0.25, -0.2) is 4.98 Å². The number of nitrogens with zero attached hydrogens (tertiary/aromatic N) is 2. The second-order valence-electron chi connectivity index (χ2n) is 4.36. The Morgan fingerprint density at radius 3 is 3.00 bits per heavy atom. The van der Waals surface area contributed by atoms with Crippen LogP contribution in [0.15, 0.2) is 17.2 Å². The lowest BCUT2D eigenvalue weighted by Crippen LogP contribution is -2.26. The van der Waals surface area contributed by atoms with E-state index in [9.17, 15) is 4.79 Å². The Kier molecular flexibility index (Phi) is 5.28. The van der Waals surface area contributed by atoms with Gasteiger partial charge >= 0.3 is 0 Å². The second kappa shape index (κ2) is 6.74. The van der Waals surface area contributed by atoms with Gasteiger partial charge in [0, 0.05) is 31.9 Å². The number of rotatable bonds is 6. The summed E-state index contributed by atoms with van der Waals surface area (Å²) in [5, 5.41) is 3.02. The van der Waals surface area contributed by atoms with Gasteiger partial charge in [-0.2, -0.15) is 0 Å². The minimum atomic E-state index is -0.0677. The van der Waals surface area contributed by atoms with E-state index in [0.29, 0.717) is 31.2 Å². The van der Waals surface area contributed by atoms with E-state index in [1.54, 1.807) is 17.0 Å². The van der Waals surface area contributed by atoms with Crippen LogP contribution in [0, 0.1) is 18.3 Å².